The maximum Gasteiger partial charge on any atom is 0.279 e. The van der Waals surface area contributed by atoms with Gasteiger partial charge in [0, 0.05) is 11.9 Å². The van der Waals surface area contributed by atoms with Crippen molar-refractivity contribution in [2.45, 2.75) is 13.0 Å². The average molecular weight is 367 g/mol. The van der Waals surface area contributed by atoms with Crippen LogP contribution in [0.1, 0.15) is 5.56 Å². The van der Waals surface area contributed by atoms with Crippen molar-refractivity contribution < 1.29 is 14.3 Å². The molecule has 1 amide bonds. The highest BCUT2D eigenvalue weighted by Gasteiger charge is 2.15. The predicted octanol–water partition coefficient (Wildman–Crippen LogP) is 1.77. The molecule has 7 nitrogen and oxygen atoms in total. The Morgan fingerprint density at radius 3 is 2.59 bits per heavy atom. The fourth-order valence-corrected chi connectivity index (χ4v) is 2.88. The van der Waals surface area contributed by atoms with Crippen LogP contribution in [0, 0.1) is 0 Å². The second-order valence-corrected chi connectivity index (χ2v) is 5.96. The summed E-state index contributed by atoms with van der Waals surface area (Å²) in [5, 5.41) is 7.86. The minimum absolute atomic E-state index is 0.163. The van der Waals surface area contributed by atoms with Gasteiger partial charge in [0.05, 0.1) is 25.8 Å². The van der Waals surface area contributed by atoms with Crippen molar-refractivity contribution in [2.24, 2.45) is 0 Å². The molecule has 0 saturated heterocycles. The molecule has 2 aromatic carbocycles. The summed E-state index contributed by atoms with van der Waals surface area (Å²) in [5.74, 6) is 0.509. The largest absolute Gasteiger partial charge is 0.493 e. The molecule has 27 heavy (non-hydrogen) atoms. The summed E-state index contributed by atoms with van der Waals surface area (Å²) in [6.07, 6.45) is 2.26. The van der Waals surface area contributed by atoms with Crippen molar-refractivity contribution in [3.05, 3.63) is 64.6 Å². The number of methoxy groups -OCH3 is 2. The van der Waals surface area contributed by atoms with Crippen molar-refractivity contribution in [3.63, 3.8) is 0 Å². The molecule has 3 aromatic rings. The van der Waals surface area contributed by atoms with Crippen LogP contribution in [0.15, 0.2) is 53.5 Å². The highest BCUT2D eigenvalue weighted by Crippen LogP contribution is 2.32. The zero-order valence-electron chi connectivity index (χ0n) is 15.3. The summed E-state index contributed by atoms with van der Waals surface area (Å²) >= 11 is 0. The van der Waals surface area contributed by atoms with E-state index in [-0.39, 0.29) is 12.5 Å². The number of nitrogens with one attached hydrogen (secondary N) is 1. The highest BCUT2D eigenvalue weighted by molar-refractivity contribution is 5.89. The number of nitrogens with zero attached hydrogens (tertiary/aromatic N) is 2. The van der Waals surface area contributed by atoms with Crippen molar-refractivity contribution in [1.29, 1.82) is 0 Å². The van der Waals surface area contributed by atoms with Gasteiger partial charge in [-0.05, 0) is 24.1 Å². The Morgan fingerprint density at radius 2 is 1.89 bits per heavy atom. The van der Waals surface area contributed by atoms with Gasteiger partial charge in [0.25, 0.3) is 5.56 Å². The first-order valence-corrected chi connectivity index (χ1v) is 8.55. The minimum Gasteiger partial charge on any atom is -0.493 e. The number of carbonyl (C=O) groups excluding carboxylic acids is 1. The molecule has 0 unspecified atom stereocenters. The number of fused-ring (bicyclic) bond motifs is 1. The number of rotatable bonds is 7. The van der Waals surface area contributed by atoms with Gasteiger partial charge in [-0.2, -0.15) is 5.10 Å². The lowest BCUT2D eigenvalue weighted by Crippen LogP contribution is -2.34. The number of aromatic nitrogens is 2. The third-order valence-electron chi connectivity index (χ3n) is 4.23. The molecule has 140 valence electrons. The standard InChI is InChI=1S/C20H21N3O4/c1-26-16-9-8-15-12-22-23(20(25)18(15)19(16)27-2)13-17(24)21-11-10-14-6-4-3-5-7-14/h3-9,12H,10-11,13H2,1-2H3,(H,21,24). The summed E-state index contributed by atoms with van der Waals surface area (Å²) in [7, 11) is 2.97. The van der Waals surface area contributed by atoms with Gasteiger partial charge in [-0.1, -0.05) is 30.3 Å². The summed E-state index contributed by atoms with van der Waals surface area (Å²) in [5.41, 5.74) is 0.733. The summed E-state index contributed by atoms with van der Waals surface area (Å²) in [4.78, 5) is 25.0. The summed E-state index contributed by atoms with van der Waals surface area (Å²) < 4.78 is 11.7. The number of hydrogen-bond donors (Lipinski definition) is 1. The van der Waals surface area contributed by atoms with Gasteiger partial charge >= 0.3 is 0 Å². The molecule has 0 atom stereocenters. The molecule has 0 spiro atoms. The maximum atomic E-state index is 12.8. The molecule has 0 aliphatic carbocycles. The zero-order valence-corrected chi connectivity index (χ0v) is 15.3. The Bertz CT molecular complexity index is 999. The fourth-order valence-electron chi connectivity index (χ4n) is 2.88. The summed E-state index contributed by atoms with van der Waals surface area (Å²) in [6.45, 7) is 0.326. The monoisotopic (exact) mass is 367 g/mol. The van der Waals surface area contributed by atoms with Gasteiger partial charge in [-0.3, -0.25) is 9.59 Å². The normalized spacial score (nSPS) is 10.6. The van der Waals surface area contributed by atoms with Crippen LogP contribution in [0.25, 0.3) is 10.8 Å². The number of hydrogen-bond acceptors (Lipinski definition) is 5. The Labute approximate surface area is 156 Å². The molecule has 0 aliphatic heterocycles. The molecule has 0 aliphatic rings. The van der Waals surface area contributed by atoms with E-state index in [4.69, 9.17) is 9.47 Å². The predicted molar refractivity (Wildman–Crippen MR) is 102 cm³/mol. The topological polar surface area (TPSA) is 82.5 Å². The van der Waals surface area contributed by atoms with Gasteiger partial charge < -0.3 is 14.8 Å². The van der Waals surface area contributed by atoms with Crippen LogP contribution in [0.5, 0.6) is 11.5 Å². The Morgan fingerprint density at radius 1 is 1.11 bits per heavy atom. The molecule has 0 fully saturated rings. The van der Waals surface area contributed by atoms with Crippen LogP contribution < -0.4 is 20.3 Å². The van der Waals surface area contributed by atoms with E-state index in [9.17, 15) is 9.59 Å². The van der Waals surface area contributed by atoms with E-state index < -0.39 is 5.56 Å². The van der Waals surface area contributed by atoms with Crippen LogP contribution in [0.2, 0.25) is 0 Å². The van der Waals surface area contributed by atoms with Crippen molar-refractivity contribution >= 4 is 16.7 Å². The van der Waals surface area contributed by atoms with Gasteiger partial charge in [0.1, 0.15) is 6.54 Å². The fraction of sp³-hybridized carbons (Fsp3) is 0.250. The molecule has 1 heterocycles. The van der Waals surface area contributed by atoms with Gasteiger partial charge in [-0.25, -0.2) is 4.68 Å². The van der Waals surface area contributed by atoms with E-state index >= 15 is 0 Å². The molecule has 3 rings (SSSR count). The van der Waals surface area contributed by atoms with Crippen molar-refractivity contribution in [1.82, 2.24) is 15.1 Å². The van der Waals surface area contributed by atoms with Crippen LogP contribution in [-0.2, 0) is 17.8 Å². The second kappa shape index (κ2) is 8.35. The first-order valence-electron chi connectivity index (χ1n) is 8.55. The first kappa shape index (κ1) is 18.4. The minimum atomic E-state index is -0.401. The molecular weight excluding hydrogens is 346 g/mol. The smallest absolute Gasteiger partial charge is 0.279 e. The van der Waals surface area contributed by atoms with E-state index in [1.165, 1.54) is 20.4 Å². The Hall–Kier alpha value is -3.35. The SMILES string of the molecule is COc1ccc2cnn(CC(=O)NCCc3ccccc3)c(=O)c2c1OC. The molecular formula is C20H21N3O4. The third-order valence-corrected chi connectivity index (χ3v) is 4.23. The van der Waals surface area contributed by atoms with E-state index in [2.05, 4.69) is 10.4 Å². The molecule has 1 aromatic heterocycles. The lowest BCUT2D eigenvalue weighted by Gasteiger charge is -2.12. The van der Waals surface area contributed by atoms with Gasteiger partial charge in [0.2, 0.25) is 5.91 Å². The maximum absolute atomic E-state index is 12.8. The molecule has 0 bridgehead atoms. The van der Waals surface area contributed by atoms with E-state index in [1.54, 1.807) is 12.1 Å². The van der Waals surface area contributed by atoms with Crippen molar-refractivity contribution in [3.8, 4) is 11.5 Å². The highest BCUT2D eigenvalue weighted by atomic mass is 16.5. The van der Waals surface area contributed by atoms with Crippen LogP contribution in [0.4, 0.5) is 0 Å². The first-order chi connectivity index (χ1) is 13.1. The Kier molecular flexibility index (Phi) is 5.71. The Balaban J connectivity index is 1.75. The summed E-state index contributed by atoms with van der Waals surface area (Å²) in [6, 6.07) is 13.3. The lowest BCUT2D eigenvalue weighted by atomic mass is 10.1. The molecule has 0 radical (unpaired) electrons. The van der Waals surface area contributed by atoms with Crippen LogP contribution in [-0.4, -0.2) is 36.5 Å². The van der Waals surface area contributed by atoms with Crippen LogP contribution >= 0.6 is 0 Å². The molecule has 7 heteroatoms. The van der Waals surface area contributed by atoms with E-state index in [0.29, 0.717) is 28.8 Å². The average Bonchev–Trinajstić information content (AvgIpc) is 2.70. The molecule has 1 N–H and O–H groups in total. The quantitative estimate of drug-likeness (QED) is 0.688. The zero-order chi connectivity index (χ0) is 19.2. The second-order valence-electron chi connectivity index (χ2n) is 5.96. The van der Waals surface area contributed by atoms with Crippen LogP contribution in [0.3, 0.4) is 0 Å². The van der Waals surface area contributed by atoms with Gasteiger partial charge in [0.15, 0.2) is 11.5 Å². The van der Waals surface area contributed by atoms with E-state index in [0.717, 1.165) is 16.7 Å². The van der Waals surface area contributed by atoms with Crippen molar-refractivity contribution in [2.75, 3.05) is 20.8 Å². The van der Waals surface area contributed by atoms with Gasteiger partial charge in [-0.15, -0.1) is 0 Å². The van der Waals surface area contributed by atoms with E-state index in [1.807, 2.05) is 30.3 Å². The number of ether oxygens (including phenoxy) is 2. The lowest BCUT2D eigenvalue weighted by molar-refractivity contribution is -0.121. The number of benzene rings is 2. The molecule has 0 saturated carbocycles. The number of carbonyl (C=O) groups is 1. The third kappa shape index (κ3) is 4.08. The number of amides is 1.